The Kier molecular flexibility index (Phi) is 3.88. The molecule has 0 amide bonds. The first kappa shape index (κ1) is 12.2. The van der Waals surface area contributed by atoms with Gasteiger partial charge in [0.05, 0.1) is 0 Å². The summed E-state index contributed by atoms with van der Waals surface area (Å²) >= 11 is 0. The van der Waals surface area contributed by atoms with Gasteiger partial charge in [0.2, 0.25) is 0 Å². The van der Waals surface area contributed by atoms with E-state index in [-0.39, 0.29) is 0 Å². The SMILES string of the molecule is CCn1ccnc1C(C)(O)CNC(C)C. The standard InChI is InChI=1S/C11H21N3O/c1-5-14-7-6-12-10(14)11(4,15)8-13-9(2)3/h6-7,9,13,15H,5,8H2,1-4H3. The lowest BCUT2D eigenvalue weighted by Gasteiger charge is -2.25. The molecule has 0 aromatic carbocycles. The van der Waals surface area contributed by atoms with E-state index in [9.17, 15) is 5.11 Å². The minimum absolute atomic E-state index is 0.363. The number of imidazole rings is 1. The minimum Gasteiger partial charge on any atom is -0.381 e. The average Bonchev–Trinajstić information content (AvgIpc) is 2.63. The first-order valence-corrected chi connectivity index (χ1v) is 5.44. The van der Waals surface area contributed by atoms with E-state index in [1.807, 2.05) is 17.7 Å². The van der Waals surface area contributed by atoms with Crippen molar-refractivity contribution in [3.63, 3.8) is 0 Å². The van der Waals surface area contributed by atoms with Crippen LogP contribution in [0.4, 0.5) is 0 Å². The Morgan fingerprint density at radius 3 is 2.80 bits per heavy atom. The highest BCUT2D eigenvalue weighted by atomic mass is 16.3. The van der Waals surface area contributed by atoms with E-state index < -0.39 is 5.60 Å². The molecule has 4 heteroatoms. The Hall–Kier alpha value is -0.870. The Morgan fingerprint density at radius 1 is 1.60 bits per heavy atom. The topological polar surface area (TPSA) is 50.1 Å². The van der Waals surface area contributed by atoms with E-state index in [4.69, 9.17) is 0 Å². The van der Waals surface area contributed by atoms with Gasteiger partial charge in [-0.05, 0) is 13.8 Å². The van der Waals surface area contributed by atoms with Crippen LogP contribution < -0.4 is 5.32 Å². The van der Waals surface area contributed by atoms with Crippen LogP contribution in [0.15, 0.2) is 12.4 Å². The normalized spacial score (nSPS) is 15.6. The highest BCUT2D eigenvalue weighted by Gasteiger charge is 2.27. The molecule has 4 nitrogen and oxygen atoms in total. The van der Waals surface area contributed by atoms with Crippen LogP contribution in [0.5, 0.6) is 0 Å². The number of aliphatic hydroxyl groups is 1. The van der Waals surface area contributed by atoms with Crippen LogP contribution >= 0.6 is 0 Å². The summed E-state index contributed by atoms with van der Waals surface area (Å²) in [5, 5.41) is 13.5. The van der Waals surface area contributed by atoms with Crippen LogP contribution in [0.25, 0.3) is 0 Å². The van der Waals surface area contributed by atoms with Crippen molar-refractivity contribution < 1.29 is 5.11 Å². The van der Waals surface area contributed by atoms with Crippen molar-refractivity contribution in [1.82, 2.24) is 14.9 Å². The van der Waals surface area contributed by atoms with Gasteiger partial charge in [0.15, 0.2) is 0 Å². The molecule has 1 unspecified atom stereocenters. The molecule has 1 heterocycles. The fourth-order valence-electron chi connectivity index (χ4n) is 1.51. The van der Waals surface area contributed by atoms with Crippen molar-refractivity contribution in [2.75, 3.05) is 6.54 Å². The molecule has 2 N–H and O–H groups in total. The Morgan fingerprint density at radius 2 is 2.27 bits per heavy atom. The van der Waals surface area contributed by atoms with Crippen molar-refractivity contribution in [1.29, 1.82) is 0 Å². The Bertz CT molecular complexity index is 305. The molecular weight excluding hydrogens is 190 g/mol. The van der Waals surface area contributed by atoms with E-state index in [1.54, 1.807) is 13.1 Å². The fourth-order valence-corrected chi connectivity index (χ4v) is 1.51. The van der Waals surface area contributed by atoms with Gasteiger partial charge in [-0.1, -0.05) is 13.8 Å². The first-order valence-electron chi connectivity index (χ1n) is 5.44. The number of hydrogen-bond donors (Lipinski definition) is 2. The van der Waals surface area contributed by atoms with Crippen LogP contribution in [0.1, 0.15) is 33.5 Å². The van der Waals surface area contributed by atoms with Gasteiger partial charge >= 0.3 is 0 Å². The maximum atomic E-state index is 10.3. The molecule has 0 saturated heterocycles. The van der Waals surface area contributed by atoms with Gasteiger partial charge in [-0.3, -0.25) is 0 Å². The summed E-state index contributed by atoms with van der Waals surface area (Å²) in [6, 6.07) is 0.363. The van der Waals surface area contributed by atoms with E-state index in [2.05, 4.69) is 24.1 Å². The zero-order chi connectivity index (χ0) is 11.5. The molecule has 0 aliphatic rings. The predicted octanol–water partition coefficient (Wildman–Crippen LogP) is 1.11. The summed E-state index contributed by atoms with van der Waals surface area (Å²) in [6.07, 6.45) is 3.61. The first-order chi connectivity index (χ1) is 6.97. The van der Waals surface area contributed by atoms with Crippen LogP contribution in [-0.2, 0) is 12.1 Å². The van der Waals surface area contributed by atoms with Gasteiger partial charge in [0.1, 0.15) is 11.4 Å². The Balaban J connectivity index is 2.76. The van der Waals surface area contributed by atoms with Crippen molar-refractivity contribution >= 4 is 0 Å². The zero-order valence-corrected chi connectivity index (χ0v) is 9.99. The lowest BCUT2D eigenvalue weighted by atomic mass is 10.1. The summed E-state index contributed by atoms with van der Waals surface area (Å²) in [6.45, 7) is 9.29. The van der Waals surface area contributed by atoms with Crippen molar-refractivity contribution in [3.05, 3.63) is 18.2 Å². The number of nitrogens with zero attached hydrogens (tertiary/aromatic N) is 2. The molecule has 0 aliphatic heterocycles. The highest BCUT2D eigenvalue weighted by Crippen LogP contribution is 2.17. The number of nitrogens with one attached hydrogen (secondary N) is 1. The molecule has 0 bridgehead atoms. The zero-order valence-electron chi connectivity index (χ0n) is 9.99. The lowest BCUT2D eigenvalue weighted by molar-refractivity contribution is 0.0422. The molecule has 15 heavy (non-hydrogen) atoms. The third-order valence-corrected chi connectivity index (χ3v) is 2.39. The maximum absolute atomic E-state index is 10.3. The number of aromatic nitrogens is 2. The van der Waals surface area contributed by atoms with Gasteiger partial charge in [-0.2, -0.15) is 0 Å². The lowest BCUT2D eigenvalue weighted by Crippen LogP contribution is -2.40. The molecule has 0 aliphatic carbocycles. The van der Waals surface area contributed by atoms with E-state index in [0.717, 1.165) is 12.4 Å². The molecule has 1 atom stereocenters. The number of aryl methyl sites for hydroxylation is 1. The number of hydrogen-bond acceptors (Lipinski definition) is 3. The molecule has 0 fully saturated rings. The molecule has 0 saturated carbocycles. The maximum Gasteiger partial charge on any atom is 0.141 e. The van der Waals surface area contributed by atoms with Gasteiger partial charge in [0, 0.05) is 31.5 Å². The van der Waals surface area contributed by atoms with Crippen LogP contribution in [0.3, 0.4) is 0 Å². The number of rotatable bonds is 5. The molecule has 1 aromatic heterocycles. The van der Waals surface area contributed by atoms with Crippen molar-refractivity contribution in [2.24, 2.45) is 0 Å². The third kappa shape index (κ3) is 3.04. The van der Waals surface area contributed by atoms with Gasteiger partial charge in [0.25, 0.3) is 0 Å². The molecule has 1 rings (SSSR count). The third-order valence-electron chi connectivity index (χ3n) is 2.39. The van der Waals surface area contributed by atoms with E-state index >= 15 is 0 Å². The van der Waals surface area contributed by atoms with Gasteiger partial charge in [-0.15, -0.1) is 0 Å². The van der Waals surface area contributed by atoms with Gasteiger partial charge in [-0.25, -0.2) is 4.98 Å². The Labute approximate surface area is 91.3 Å². The molecule has 0 radical (unpaired) electrons. The van der Waals surface area contributed by atoms with E-state index in [1.165, 1.54) is 0 Å². The molecule has 1 aromatic rings. The second kappa shape index (κ2) is 4.77. The summed E-state index contributed by atoms with van der Waals surface area (Å²) in [7, 11) is 0. The molecule has 0 spiro atoms. The summed E-state index contributed by atoms with van der Waals surface area (Å²) in [5.41, 5.74) is -0.913. The smallest absolute Gasteiger partial charge is 0.141 e. The largest absolute Gasteiger partial charge is 0.381 e. The average molecular weight is 211 g/mol. The van der Waals surface area contributed by atoms with E-state index in [0.29, 0.717) is 12.6 Å². The summed E-state index contributed by atoms with van der Waals surface area (Å²) in [5.74, 6) is 0.721. The fraction of sp³-hybridized carbons (Fsp3) is 0.727. The van der Waals surface area contributed by atoms with Crippen molar-refractivity contribution in [2.45, 2.75) is 45.9 Å². The summed E-state index contributed by atoms with van der Waals surface area (Å²) in [4.78, 5) is 4.21. The molecule has 86 valence electrons. The molecular formula is C11H21N3O. The summed E-state index contributed by atoms with van der Waals surface area (Å²) < 4.78 is 1.96. The minimum atomic E-state index is -0.913. The highest BCUT2D eigenvalue weighted by molar-refractivity contribution is 5.04. The quantitative estimate of drug-likeness (QED) is 0.767. The van der Waals surface area contributed by atoms with Crippen LogP contribution in [0.2, 0.25) is 0 Å². The van der Waals surface area contributed by atoms with Crippen LogP contribution in [-0.4, -0.2) is 27.2 Å². The second-order valence-electron chi connectivity index (χ2n) is 4.35. The monoisotopic (exact) mass is 211 g/mol. The predicted molar refractivity (Wildman–Crippen MR) is 60.6 cm³/mol. The van der Waals surface area contributed by atoms with Crippen molar-refractivity contribution in [3.8, 4) is 0 Å². The van der Waals surface area contributed by atoms with Gasteiger partial charge < -0.3 is 15.0 Å². The second-order valence-corrected chi connectivity index (χ2v) is 4.35. The van der Waals surface area contributed by atoms with Crippen LogP contribution in [0, 0.1) is 0 Å².